The van der Waals surface area contributed by atoms with Crippen LogP contribution in [0.25, 0.3) is 16.6 Å². The van der Waals surface area contributed by atoms with Crippen molar-refractivity contribution in [3.05, 3.63) is 101 Å². The van der Waals surface area contributed by atoms with Crippen LogP contribution in [0.5, 0.6) is 0 Å². The molecular formula is C25H23N3O2. The molecule has 5 nitrogen and oxygen atoms in total. The van der Waals surface area contributed by atoms with Gasteiger partial charge in [0, 0.05) is 12.1 Å². The summed E-state index contributed by atoms with van der Waals surface area (Å²) in [4.78, 5) is 29.9. The lowest BCUT2D eigenvalue weighted by Crippen LogP contribution is -2.22. The molecule has 0 radical (unpaired) electrons. The molecule has 5 heteroatoms. The van der Waals surface area contributed by atoms with Gasteiger partial charge < -0.3 is 5.32 Å². The number of nitrogens with zero attached hydrogens (tertiary/aromatic N) is 2. The minimum atomic E-state index is -0.105. The Kier molecular flexibility index (Phi) is 5.44. The van der Waals surface area contributed by atoms with E-state index >= 15 is 0 Å². The molecule has 1 atom stereocenters. The van der Waals surface area contributed by atoms with Crippen molar-refractivity contribution >= 4 is 22.5 Å². The Morgan fingerprint density at radius 3 is 2.37 bits per heavy atom. The topological polar surface area (TPSA) is 64.0 Å². The number of para-hydroxylation sites is 1. The summed E-state index contributed by atoms with van der Waals surface area (Å²) in [6, 6.07) is 24.6. The van der Waals surface area contributed by atoms with Crippen LogP contribution < -0.4 is 10.9 Å². The minimum Gasteiger partial charge on any atom is -0.326 e. The van der Waals surface area contributed by atoms with E-state index in [-0.39, 0.29) is 17.4 Å². The number of benzene rings is 3. The number of aryl methyl sites for hydroxylation is 1. The van der Waals surface area contributed by atoms with Crippen LogP contribution in [0.2, 0.25) is 0 Å². The summed E-state index contributed by atoms with van der Waals surface area (Å²) in [5.41, 5.74) is 3.13. The molecular weight excluding hydrogens is 374 g/mol. The van der Waals surface area contributed by atoms with Crippen molar-refractivity contribution in [1.29, 1.82) is 0 Å². The Labute approximate surface area is 175 Å². The molecule has 0 bridgehead atoms. The number of aromatic nitrogens is 2. The maximum Gasteiger partial charge on any atom is 0.265 e. The summed E-state index contributed by atoms with van der Waals surface area (Å²) in [5.74, 6) is 0.711. The van der Waals surface area contributed by atoms with Gasteiger partial charge in [-0.25, -0.2) is 4.98 Å². The van der Waals surface area contributed by atoms with Gasteiger partial charge in [0.25, 0.3) is 5.56 Å². The summed E-state index contributed by atoms with van der Waals surface area (Å²) in [7, 11) is 0. The number of amides is 1. The molecule has 1 aromatic heterocycles. The highest BCUT2D eigenvalue weighted by atomic mass is 16.1. The van der Waals surface area contributed by atoms with Crippen LogP contribution in [0.15, 0.2) is 83.7 Å². The molecule has 0 fully saturated rings. The van der Waals surface area contributed by atoms with E-state index in [4.69, 9.17) is 0 Å². The highest BCUT2D eigenvalue weighted by Crippen LogP contribution is 2.20. The lowest BCUT2D eigenvalue weighted by molar-refractivity contribution is -0.116. The van der Waals surface area contributed by atoms with E-state index in [1.54, 1.807) is 10.6 Å². The molecule has 0 saturated heterocycles. The molecule has 3 aromatic carbocycles. The number of rotatable bonds is 5. The molecule has 1 N–H and O–H groups in total. The zero-order valence-electron chi connectivity index (χ0n) is 17.0. The van der Waals surface area contributed by atoms with E-state index in [0.29, 0.717) is 34.5 Å². The first kappa shape index (κ1) is 19.6. The smallest absolute Gasteiger partial charge is 0.265 e. The van der Waals surface area contributed by atoms with Crippen molar-refractivity contribution in [2.45, 2.75) is 26.2 Å². The van der Waals surface area contributed by atoms with Crippen molar-refractivity contribution in [3.8, 4) is 5.69 Å². The molecule has 4 aromatic rings. The maximum absolute atomic E-state index is 12.9. The summed E-state index contributed by atoms with van der Waals surface area (Å²) in [5, 5.41) is 3.52. The van der Waals surface area contributed by atoms with Gasteiger partial charge in [-0.15, -0.1) is 0 Å². The van der Waals surface area contributed by atoms with Gasteiger partial charge in [-0.3, -0.25) is 14.2 Å². The quantitative estimate of drug-likeness (QED) is 0.525. The van der Waals surface area contributed by atoms with Gasteiger partial charge in [-0.2, -0.15) is 0 Å². The Morgan fingerprint density at radius 1 is 0.967 bits per heavy atom. The van der Waals surface area contributed by atoms with E-state index in [2.05, 4.69) is 10.3 Å². The maximum atomic E-state index is 12.9. The minimum absolute atomic E-state index is 0.0418. The van der Waals surface area contributed by atoms with Gasteiger partial charge in [0.15, 0.2) is 0 Å². The van der Waals surface area contributed by atoms with Gasteiger partial charge in [-0.05, 0) is 54.8 Å². The molecule has 4 rings (SSSR count). The Balaban J connectivity index is 1.52. The van der Waals surface area contributed by atoms with Gasteiger partial charge in [0.2, 0.25) is 5.91 Å². The van der Waals surface area contributed by atoms with E-state index in [0.717, 1.165) is 5.56 Å². The monoisotopic (exact) mass is 397 g/mol. The number of anilines is 1. The zero-order valence-corrected chi connectivity index (χ0v) is 17.0. The largest absolute Gasteiger partial charge is 0.326 e. The van der Waals surface area contributed by atoms with E-state index in [9.17, 15) is 9.59 Å². The molecule has 30 heavy (non-hydrogen) atoms. The van der Waals surface area contributed by atoms with E-state index in [1.165, 1.54) is 0 Å². The molecule has 1 amide bonds. The second-order valence-electron chi connectivity index (χ2n) is 7.43. The van der Waals surface area contributed by atoms with Gasteiger partial charge >= 0.3 is 0 Å². The standard InChI is InChI=1S/C25H23N3O2/c1-17(19-8-4-3-5-9-19)16-24(29)27-20-12-14-21(15-13-20)28-18(2)26-23-11-7-6-10-22(23)25(28)30/h3-15,17H,16H2,1-2H3,(H,27,29)/t17-/m1/s1. The fourth-order valence-corrected chi connectivity index (χ4v) is 3.63. The number of carbonyl (C=O) groups excluding carboxylic acids is 1. The fraction of sp³-hybridized carbons (Fsp3) is 0.160. The van der Waals surface area contributed by atoms with Crippen LogP contribution >= 0.6 is 0 Å². The summed E-state index contributed by atoms with van der Waals surface area (Å²) in [6.07, 6.45) is 0.402. The Bertz CT molecular complexity index is 1250. The van der Waals surface area contributed by atoms with Gasteiger partial charge in [0.1, 0.15) is 5.82 Å². The molecule has 0 aliphatic heterocycles. The van der Waals surface area contributed by atoms with Crippen LogP contribution in [-0.2, 0) is 4.79 Å². The third kappa shape index (κ3) is 4.01. The molecule has 0 unspecified atom stereocenters. The zero-order chi connectivity index (χ0) is 21.1. The third-order valence-corrected chi connectivity index (χ3v) is 5.21. The number of fused-ring (bicyclic) bond motifs is 1. The molecule has 0 aliphatic carbocycles. The summed E-state index contributed by atoms with van der Waals surface area (Å²) >= 11 is 0. The van der Waals surface area contributed by atoms with Crippen LogP contribution in [0.4, 0.5) is 5.69 Å². The van der Waals surface area contributed by atoms with E-state index in [1.807, 2.05) is 86.6 Å². The van der Waals surface area contributed by atoms with Crippen LogP contribution in [-0.4, -0.2) is 15.5 Å². The second kappa shape index (κ2) is 8.33. The molecule has 150 valence electrons. The predicted molar refractivity (Wildman–Crippen MR) is 120 cm³/mol. The van der Waals surface area contributed by atoms with Crippen molar-refractivity contribution in [2.24, 2.45) is 0 Å². The Morgan fingerprint density at radius 2 is 1.63 bits per heavy atom. The van der Waals surface area contributed by atoms with E-state index < -0.39 is 0 Å². The predicted octanol–water partition coefficient (Wildman–Crippen LogP) is 4.83. The fourth-order valence-electron chi connectivity index (χ4n) is 3.63. The normalized spacial score (nSPS) is 11.9. The molecule has 0 spiro atoms. The second-order valence-corrected chi connectivity index (χ2v) is 7.43. The lowest BCUT2D eigenvalue weighted by atomic mass is 9.97. The summed E-state index contributed by atoms with van der Waals surface area (Å²) < 4.78 is 1.59. The number of carbonyl (C=O) groups is 1. The third-order valence-electron chi connectivity index (χ3n) is 5.21. The lowest BCUT2D eigenvalue weighted by Gasteiger charge is -2.13. The Hall–Kier alpha value is -3.73. The molecule has 0 aliphatic rings. The molecule has 0 saturated carbocycles. The highest BCUT2D eigenvalue weighted by Gasteiger charge is 2.12. The average molecular weight is 397 g/mol. The first-order valence-corrected chi connectivity index (χ1v) is 9.96. The van der Waals surface area contributed by atoms with Crippen LogP contribution in [0, 0.1) is 6.92 Å². The first-order chi connectivity index (χ1) is 14.5. The van der Waals surface area contributed by atoms with Crippen LogP contribution in [0.3, 0.4) is 0 Å². The van der Waals surface area contributed by atoms with Crippen molar-refractivity contribution in [1.82, 2.24) is 9.55 Å². The highest BCUT2D eigenvalue weighted by molar-refractivity contribution is 5.91. The van der Waals surface area contributed by atoms with Gasteiger partial charge in [-0.1, -0.05) is 49.4 Å². The summed E-state index contributed by atoms with van der Waals surface area (Å²) in [6.45, 7) is 3.86. The van der Waals surface area contributed by atoms with Crippen LogP contribution in [0.1, 0.15) is 30.7 Å². The SMILES string of the molecule is Cc1nc2ccccc2c(=O)n1-c1ccc(NC(=O)C[C@@H](C)c2ccccc2)cc1. The number of hydrogen-bond donors (Lipinski definition) is 1. The average Bonchev–Trinajstić information content (AvgIpc) is 2.75. The first-order valence-electron chi connectivity index (χ1n) is 9.96. The van der Waals surface area contributed by atoms with Crippen molar-refractivity contribution in [3.63, 3.8) is 0 Å². The van der Waals surface area contributed by atoms with Crippen molar-refractivity contribution < 1.29 is 4.79 Å². The van der Waals surface area contributed by atoms with Gasteiger partial charge in [0.05, 0.1) is 16.6 Å². The van der Waals surface area contributed by atoms with Crippen molar-refractivity contribution in [2.75, 3.05) is 5.32 Å². The number of nitrogens with one attached hydrogen (secondary N) is 1. The number of hydrogen-bond acceptors (Lipinski definition) is 3. The molecule has 1 heterocycles.